The Labute approximate surface area is 213 Å². The van der Waals surface area contributed by atoms with Gasteiger partial charge in [-0.1, -0.05) is 0 Å². The van der Waals surface area contributed by atoms with Crippen LogP contribution in [0.1, 0.15) is 0 Å². The van der Waals surface area contributed by atoms with E-state index in [0.717, 1.165) is 42.0 Å². The van der Waals surface area contributed by atoms with Crippen LogP contribution in [0.3, 0.4) is 0 Å². The molecule has 0 aromatic carbocycles. The van der Waals surface area contributed by atoms with Gasteiger partial charge < -0.3 is 9.84 Å². The first-order valence-corrected chi connectivity index (χ1v) is 19.1. The minimum absolute atomic E-state index is 0.119. The fourth-order valence-electron chi connectivity index (χ4n) is 1.25. The van der Waals surface area contributed by atoms with Gasteiger partial charge in [0.15, 0.2) is 0 Å². The number of aliphatic hydroxyl groups is 1. The zero-order chi connectivity index (χ0) is 21.3. The number of thioether (sulfide) groups is 9. The van der Waals surface area contributed by atoms with Crippen LogP contribution in [0.25, 0.3) is 0 Å². The normalized spacial score (nSPS) is 11.1. The highest BCUT2D eigenvalue weighted by Gasteiger charge is 2.03. The van der Waals surface area contributed by atoms with E-state index in [4.69, 9.17) is 19.6 Å². The van der Waals surface area contributed by atoms with Gasteiger partial charge in [0.2, 0.25) is 0 Å². The summed E-state index contributed by atoms with van der Waals surface area (Å²) in [6.07, 6.45) is 2.08. The maximum absolute atomic E-state index is 11.6. The highest BCUT2D eigenvalue weighted by Crippen LogP contribution is 2.21. The van der Waals surface area contributed by atoms with Crippen LogP contribution in [0.4, 0.5) is 0 Å². The quantitative estimate of drug-likeness (QED) is 0.0525. The van der Waals surface area contributed by atoms with Gasteiger partial charge in [0.05, 0.1) is 24.9 Å². The maximum atomic E-state index is 11.6. The second-order valence-corrected chi connectivity index (χ2v) is 15.7. The number of rotatable bonds is 24. The Balaban J connectivity index is 3.10. The zero-order valence-electron chi connectivity index (χ0n) is 16.4. The van der Waals surface area contributed by atoms with Gasteiger partial charge >= 0.3 is 5.97 Å². The number of aliphatic hydroxyl groups excluding tert-OH is 1. The van der Waals surface area contributed by atoms with E-state index in [2.05, 4.69) is 6.26 Å². The van der Waals surface area contributed by atoms with Crippen LogP contribution in [0, 0.1) is 0 Å². The summed E-state index contributed by atoms with van der Waals surface area (Å²) >= 11 is 15.7. The first-order valence-electron chi connectivity index (χ1n) is 8.43. The third-order valence-corrected chi connectivity index (χ3v) is 12.4. The molecule has 14 heteroatoms. The lowest BCUT2D eigenvalue weighted by Gasteiger charge is -2.05. The lowest BCUT2D eigenvalue weighted by molar-refractivity contribution is -0.285. The number of carbonyl (C=O) groups is 1. The van der Waals surface area contributed by atoms with Gasteiger partial charge in [0.1, 0.15) is 5.94 Å². The van der Waals surface area contributed by atoms with Crippen molar-refractivity contribution in [3.63, 3.8) is 0 Å². The van der Waals surface area contributed by atoms with Gasteiger partial charge in [-0.2, -0.15) is 11.8 Å². The molecule has 0 aliphatic rings. The first-order chi connectivity index (χ1) is 14.3. The fraction of sp³-hybridized carbons (Fsp3) is 0.933. The van der Waals surface area contributed by atoms with Crippen molar-refractivity contribution in [2.24, 2.45) is 0 Å². The molecule has 0 saturated carbocycles. The summed E-state index contributed by atoms with van der Waals surface area (Å²) in [4.78, 5) is 21.8. The standard InChI is InChI=1S/C15H30O5S9/c1-21-9-27-13-26-8-18-15(17)6-24-12-29-14-28-11-23-5-3-20-19-2-4-22-10-25-7-16/h16H,2-14H2,1H3. The molecule has 0 aromatic heterocycles. The number of carbonyl (C=O) groups excluding carboxylic acids is 1. The van der Waals surface area contributed by atoms with Crippen LogP contribution in [-0.2, 0) is 19.3 Å². The fourth-order valence-corrected chi connectivity index (χ4v) is 9.61. The van der Waals surface area contributed by atoms with Crippen molar-refractivity contribution in [2.75, 3.05) is 79.1 Å². The molecule has 0 unspecified atom stereocenters. The van der Waals surface area contributed by atoms with Gasteiger partial charge in [0, 0.05) is 42.0 Å². The minimum Gasteiger partial charge on any atom is -0.454 e. The topological polar surface area (TPSA) is 65.0 Å². The van der Waals surface area contributed by atoms with Crippen LogP contribution >= 0.6 is 106 Å². The van der Waals surface area contributed by atoms with Crippen LogP contribution in [-0.4, -0.2) is 90.2 Å². The van der Waals surface area contributed by atoms with E-state index >= 15 is 0 Å². The van der Waals surface area contributed by atoms with Gasteiger partial charge in [-0.3, -0.25) is 4.79 Å². The van der Waals surface area contributed by atoms with E-state index in [0.29, 0.717) is 24.9 Å². The summed E-state index contributed by atoms with van der Waals surface area (Å²) in [7, 11) is 0. The van der Waals surface area contributed by atoms with Gasteiger partial charge in [-0.05, 0) is 6.26 Å². The highest BCUT2D eigenvalue weighted by molar-refractivity contribution is 8.26. The number of hydrogen-bond donors (Lipinski definition) is 1. The molecule has 0 fully saturated rings. The van der Waals surface area contributed by atoms with E-state index in [1.807, 2.05) is 58.8 Å². The lowest BCUT2D eigenvalue weighted by atomic mass is 10.8. The van der Waals surface area contributed by atoms with Crippen molar-refractivity contribution in [1.29, 1.82) is 0 Å². The van der Waals surface area contributed by atoms with Gasteiger partial charge in [0.25, 0.3) is 0 Å². The zero-order valence-corrected chi connectivity index (χ0v) is 23.8. The Bertz CT molecular complexity index is 345. The molecule has 0 aliphatic carbocycles. The predicted molar refractivity (Wildman–Crippen MR) is 148 cm³/mol. The van der Waals surface area contributed by atoms with Crippen LogP contribution in [0.15, 0.2) is 0 Å². The summed E-state index contributed by atoms with van der Waals surface area (Å²) in [5.41, 5.74) is 0. The van der Waals surface area contributed by atoms with E-state index in [1.54, 1.807) is 35.3 Å². The molecular weight excluding hydrogens is 549 g/mol. The molecule has 5 nitrogen and oxygen atoms in total. The minimum atomic E-state index is -0.119. The van der Waals surface area contributed by atoms with Crippen molar-refractivity contribution in [1.82, 2.24) is 0 Å². The third-order valence-electron chi connectivity index (χ3n) is 2.35. The second-order valence-electron chi connectivity index (χ2n) is 4.59. The molecule has 0 rings (SSSR count). The molecule has 29 heavy (non-hydrogen) atoms. The molecule has 0 radical (unpaired) electrons. The molecule has 1 N–H and O–H groups in total. The smallest absolute Gasteiger partial charge is 0.316 e. The van der Waals surface area contributed by atoms with Crippen molar-refractivity contribution in [3.05, 3.63) is 0 Å². The highest BCUT2D eigenvalue weighted by atomic mass is 32.3. The average molecular weight is 579 g/mol. The summed E-state index contributed by atoms with van der Waals surface area (Å²) in [5, 5.41) is 14.5. The molecule has 0 aromatic rings. The largest absolute Gasteiger partial charge is 0.454 e. The van der Waals surface area contributed by atoms with Crippen molar-refractivity contribution < 1.29 is 24.4 Å². The van der Waals surface area contributed by atoms with E-state index < -0.39 is 0 Å². The van der Waals surface area contributed by atoms with E-state index in [1.165, 1.54) is 11.8 Å². The Morgan fingerprint density at radius 1 is 0.724 bits per heavy atom. The molecule has 0 amide bonds. The van der Waals surface area contributed by atoms with Gasteiger partial charge in [-0.25, -0.2) is 9.78 Å². The Kier molecular flexibility index (Phi) is 31.0. The Morgan fingerprint density at radius 3 is 1.93 bits per heavy atom. The number of hydrogen-bond acceptors (Lipinski definition) is 14. The van der Waals surface area contributed by atoms with Crippen LogP contribution < -0.4 is 0 Å². The number of ether oxygens (including phenoxy) is 1. The third kappa shape index (κ3) is 28.5. The molecule has 0 atom stereocenters. The molecule has 0 heterocycles. The molecule has 0 spiro atoms. The molecule has 0 aliphatic heterocycles. The SMILES string of the molecule is CSCSCSCOC(=O)CSCSCSCSCCOOCCSCSCO. The van der Waals surface area contributed by atoms with Crippen molar-refractivity contribution in [3.8, 4) is 0 Å². The molecular formula is C15H30O5S9. The monoisotopic (exact) mass is 578 g/mol. The lowest BCUT2D eigenvalue weighted by Crippen LogP contribution is -2.07. The molecule has 174 valence electrons. The maximum Gasteiger partial charge on any atom is 0.316 e. The predicted octanol–water partition coefficient (Wildman–Crippen LogP) is 5.36. The Hall–Kier alpha value is 2.50. The van der Waals surface area contributed by atoms with Crippen molar-refractivity contribution >= 4 is 112 Å². The number of esters is 1. The first kappa shape index (κ1) is 31.5. The van der Waals surface area contributed by atoms with Crippen LogP contribution in [0.2, 0.25) is 0 Å². The summed E-state index contributed by atoms with van der Waals surface area (Å²) in [6.45, 7) is 1.18. The summed E-state index contributed by atoms with van der Waals surface area (Å²) in [5.74, 6) is 2.73. The average Bonchev–Trinajstić information content (AvgIpc) is 2.73. The summed E-state index contributed by atoms with van der Waals surface area (Å²) in [6, 6.07) is 0. The van der Waals surface area contributed by atoms with Crippen LogP contribution in [0.5, 0.6) is 0 Å². The second kappa shape index (κ2) is 28.5. The van der Waals surface area contributed by atoms with Crippen molar-refractivity contribution in [2.45, 2.75) is 0 Å². The molecule has 0 saturated heterocycles. The van der Waals surface area contributed by atoms with E-state index in [-0.39, 0.29) is 11.9 Å². The summed E-state index contributed by atoms with van der Waals surface area (Å²) < 4.78 is 5.18. The van der Waals surface area contributed by atoms with Gasteiger partial charge in [-0.15, -0.1) is 94.1 Å². The molecule has 0 bridgehead atoms. The Morgan fingerprint density at radius 2 is 1.28 bits per heavy atom. The van der Waals surface area contributed by atoms with E-state index in [9.17, 15) is 4.79 Å².